The number of H-pyrrole nitrogens is 1. The number of nitrogens with one attached hydrogen (secondary N) is 1. The van der Waals surface area contributed by atoms with E-state index in [-0.39, 0.29) is 22.5 Å². The first-order chi connectivity index (χ1) is 14.7. The summed E-state index contributed by atoms with van der Waals surface area (Å²) >= 11 is 12.3. The molecule has 0 unspecified atom stereocenters. The van der Waals surface area contributed by atoms with Gasteiger partial charge in [0.05, 0.1) is 21.2 Å². The van der Waals surface area contributed by atoms with Crippen LogP contribution < -0.4 is 5.56 Å². The molecule has 0 atom stereocenters. The van der Waals surface area contributed by atoms with Gasteiger partial charge in [-0.2, -0.15) is 9.61 Å². The predicted molar refractivity (Wildman–Crippen MR) is 115 cm³/mol. The lowest BCUT2D eigenvalue weighted by atomic mass is 10.1. The van der Waals surface area contributed by atoms with E-state index in [4.69, 9.17) is 28.3 Å². The van der Waals surface area contributed by atoms with Crippen molar-refractivity contribution in [3.8, 4) is 22.4 Å². The lowest BCUT2D eigenvalue weighted by molar-refractivity contribution is -0.385. The lowest BCUT2D eigenvalue weighted by Crippen LogP contribution is -2.20. The zero-order valence-corrected chi connectivity index (χ0v) is 17.2. The highest BCUT2D eigenvalue weighted by Gasteiger charge is 2.27. The van der Waals surface area contributed by atoms with Crippen molar-refractivity contribution in [1.82, 2.24) is 14.6 Å². The number of carboxylic acids is 1. The van der Waals surface area contributed by atoms with Crippen molar-refractivity contribution < 1.29 is 14.8 Å². The van der Waals surface area contributed by atoms with Crippen LogP contribution in [0.4, 0.5) is 5.69 Å². The highest BCUT2D eigenvalue weighted by Crippen LogP contribution is 2.36. The normalized spacial score (nSPS) is 11.1. The molecule has 0 amide bonds. The number of aromatic amines is 1. The Labute approximate surface area is 183 Å². The van der Waals surface area contributed by atoms with E-state index in [9.17, 15) is 19.7 Å². The summed E-state index contributed by atoms with van der Waals surface area (Å²) in [6.45, 7) is 1.65. The summed E-state index contributed by atoms with van der Waals surface area (Å²) in [6, 6.07) is 10.2. The van der Waals surface area contributed by atoms with Crippen molar-refractivity contribution in [2.75, 3.05) is 0 Å². The third kappa shape index (κ3) is 3.43. The summed E-state index contributed by atoms with van der Waals surface area (Å²) in [6.07, 6.45) is 0. The molecule has 0 aliphatic heterocycles. The van der Waals surface area contributed by atoms with Crippen LogP contribution in [0.2, 0.25) is 10.0 Å². The fourth-order valence-corrected chi connectivity index (χ4v) is 3.85. The van der Waals surface area contributed by atoms with Crippen LogP contribution in [0.1, 0.15) is 16.1 Å². The Kier molecular flexibility index (Phi) is 5.00. The minimum absolute atomic E-state index is 0.00339. The second-order valence-electron chi connectivity index (χ2n) is 6.64. The van der Waals surface area contributed by atoms with Crippen LogP contribution in [0.15, 0.2) is 47.3 Å². The summed E-state index contributed by atoms with van der Waals surface area (Å²) in [5.41, 5.74) is 0.187. The van der Waals surface area contributed by atoms with Gasteiger partial charge < -0.3 is 10.1 Å². The van der Waals surface area contributed by atoms with E-state index in [2.05, 4.69) is 10.1 Å². The number of aromatic nitrogens is 3. The minimum Gasteiger partial charge on any atom is -0.478 e. The average molecular weight is 459 g/mol. The molecule has 2 aromatic heterocycles. The van der Waals surface area contributed by atoms with E-state index in [0.29, 0.717) is 26.9 Å². The Bertz CT molecular complexity index is 1440. The Balaban J connectivity index is 2.06. The van der Waals surface area contributed by atoms with Gasteiger partial charge in [-0.05, 0) is 31.2 Å². The first-order valence-electron chi connectivity index (χ1n) is 8.78. The highest BCUT2D eigenvalue weighted by atomic mass is 35.5. The van der Waals surface area contributed by atoms with Crippen LogP contribution in [0, 0.1) is 17.0 Å². The molecule has 2 heterocycles. The SMILES string of the molecule is Cc1nn2c(=O)c([N+](=O)[O-])c(-c3ccc(C(=O)O)cc3)[nH]c2c1-c1ccc(Cl)cc1Cl. The van der Waals surface area contributed by atoms with Crippen molar-refractivity contribution in [2.45, 2.75) is 6.92 Å². The van der Waals surface area contributed by atoms with Gasteiger partial charge in [0.25, 0.3) is 0 Å². The van der Waals surface area contributed by atoms with Gasteiger partial charge in [0, 0.05) is 21.7 Å². The number of halogens is 2. The van der Waals surface area contributed by atoms with Gasteiger partial charge in [-0.15, -0.1) is 0 Å². The summed E-state index contributed by atoms with van der Waals surface area (Å²) in [5, 5.41) is 25.7. The number of fused-ring (bicyclic) bond motifs is 1. The molecule has 156 valence electrons. The minimum atomic E-state index is -1.14. The van der Waals surface area contributed by atoms with Crippen LogP contribution >= 0.6 is 23.2 Å². The van der Waals surface area contributed by atoms with E-state index in [0.717, 1.165) is 4.52 Å². The molecule has 4 aromatic rings. The summed E-state index contributed by atoms with van der Waals surface area (Å²) < 4.78 is 0.919. The number of nitro groups is 1. The van der Waals surface area contributed by atoms with Crippen LogP contribution in [-0.2, 0) is 0 Å². The number of hydrogen-bond acceptors (Lipinski definition) is 5. The predicted octanol–water partition coefficient (Wildman–Crippen LogP) is 4.58. The summed E-state index contributed by atoms with van der Waals surface area (Å²) in [7, 11) is 0. The number of aryl methyl sites for hydroxylation is 1. The molecule has 0 saturated carbocycles. The molecule has 11 heteroatoms. The van der Waals surface area contributed by atoms with Crippen LogP contribution in [0.25, 0.3) is 28.0 Å². The fraction of sp³-hybridized carbons (Fsp3) is 0.0500. The molecule has 4 rings (SSSR count). The van der Waals surface area contributed by atoms with Crippen LogP contribution in [0.5, 0.6) is 0 Å². The Morgan fingerprint density at radius 3 is 2.45 bits per heavy atom. The number of hydrogen-bond donors (Lipinski definition) is 2. The number of aromatic carboxylic acids is 1. The molecule has 0 aliphatic rings. The van der Waals surface area contributed by atoms with E-state index in [1.165, 1.54) is 30.3 Å². The molecule has 0 radical (unpaired) electrons. The second kappa shape index (κ2) is 7.53. The molecule has 2 aromatic carbocycles. The average Bonchev–Trinajstić information content (AvgIpc) is 3.04. The molecule has 9 nitrogen and oxygen atoms in total. The Morgan fingerprint density at radius 1 is 1.19 bits per heavy atom. The van der Waals surface area contributed by atoms with Crippen molar-refractivity contribution >= 4 is 40.5 Å². The molecule has 0 spiro atoms. The van der Waals surface area contributed by atoms with Gasteiger partial charge in [0.1, 0.15) is 11.3 Å². The molecule has 2 N–H and O–H groups in total. The van der Waals surface area contributed by atoms with E-state index >= 15 is 0 Å². The third-order valence-corrected chi connectivity index (χ3v) is 5.29. The van der Waals surface area contributed by atoms with Crippen molar-refractivity contribution in [1.29, 1.82) is 0 Å². The highest BCUT2D eigenvalue weighted by molar-refractivity contribution is 6.36. The number of rotatable bonds is 4. The van der Waals surface area contributed by atoms with Gasteiger partial charge in [-0.1, -0.05) is 41.4 Å². The van der Waals surface area contributed by atoms with Gasteiger partial charge >= 0.3 is 17.2 Å². The quantitative estimate of drug-likeness (QED) is 0.339. The first kappa shape index (κ1) is 20.6. The zero-order chi connectivity index (χ0) is 22.4. The first-order valence-corrected chi connectivity index (χ1v) is 9.53. The van der Waals surface area contributed by atoms with Crippen molar-refractivity contribution in [2.24, 2.45) is 0 Å². The second-order valence-corrected chi connectivity index (χ2v) is 7.48. The van der Waals surface area contributed by atoms with E-state index in [1.807, 2.05) is 0 Å². The number of carbonyl (C=O) groups is 1. The number of benzene rings is 2. The Morgan fingerprint density at radius 2 is 1.87 bits per heavy atom. The van der Waals surface area contributed by atoms with Crippen molar-refractivity contribution in [3.05, 3.63) is 84.2 Å². The maximum Gasteiger partial charge on any atom is 0.359 e. The van der Waals surface area contributed by atoms with Crippen LogP contribution in [-0.4, -0.2) is 30.6 Å². The molecule has 0 saturated heterocycles. The van der Waals surface area contributed by atoms with Crippen LogP contribution in [0.3, 0.4) is 0 Å². The van der Waals surface area contributed by atoms with Crippen molar-refractivity contribution in [3.63, 3.8) is 0 Å². The molecular formula is C20H12Cl2N4O5. The number of carboxylic acid groups (broad SMARTS) is 1. The lowest BCUT2D eigenvalue weighted by Gasteiger charge is -2.08. The van der Waals surface area contributed by atoms with Gasteiger partial charge in [-0.25, -0.2) is 4.79 Å². The molecule has 0 bridgehead atoms. The largest absolute Gasteiger partial charge is 0.478 e. The smallest absolute Gasteiger partial charge is 0.359 e. The van der Waals surface area contributed by atoms with E-state index in [1.54, 1.807) is 19.1 Å². The van der Waals surface area contributed by atoms with E-state index < -0.39 is 22.1 Å². The summed E-state index contributed by atoms with van der Waals surface area (Å²) in [4.78, 5) is 37.9. The summed E-state index contributed by atoms with van der Waals surface area (Å²) in [5.74, 6) is -1.14. The third-order valence-electron chi connectivity index (χ3n) is 4.74. The monoisotopic (exact) mass is 458 g/mol. The molecule has 31 heavy (non-hydrogen) atoms. The van der Waals surface area contributed by atoms with Gasteiger partial charge in [0.2, 0.25) is 0 Å². The maximum absolute atomic E-state index is 13.0. The standard InChI is InChI=1S/C20H12Cl2N4O5/c1-9-15(13-7-6-12(21)8-14(13)22)18-23-16(10-2-4-11(5-3-10)20(28)29)17(26(30)31)19(27)25(18)24-9/h2-8,23H,1H3,(H,28,29). The maximum atomic E-state index is 13.0. The topological polar surface area (TPSA) is 131 Å². The molecule has 0 fully saturated rings. The Hall–Kier alpha value is -3.69. The van der Waals surface area contributed by atoms with Gasteiger partial charge in [-0.3, -0.25) is 14.9 Å². The molecular weight excluding hydrogens is 447 g/mol. The zero-order valence-electron chi connectivity index (χ0n) is 15.7. The van der Waals surface area contributed by atoms with Gasteiger partial charge in [0.15, 0.2) is 0 Å². The number of nitrogens with zero attached hydrogens (tertiary/aromatic N) is 3. The fourth-order valence-electron chi connectivity index (χ4n) is 3.35. The molecule has 0 aliphatic carbocycles.